The number of alkyl halides is 3. The Balaban J connectivity index is 1.65. The van der Waals surface area contributed by atoms with Gasteiger partial charge < -0.3 is 4.42 Å². The van der Waals surface area contributed by atoms with Crippen molar-refractivity contribution in [3.8, 4) is 0 Å². The summed E-state index contributed by atoms with van der Waals surface area (Å²) in [6.07, 6.45) is -3.06. The van der Waals surface area contributed by atoms with Gasteiger partial charge in [0.15, 0.2) is 0 Å². The van der Waals surface area contributed by atoms with Gasteiger partial charge in [-0.25, -0.2) is 13.2 Å². The van der Waals surface area contributed by atoms with Crippen LogP contribution in [0.15, 0.2) is 44.6 Å². The predicted octanol–water partition coefficient (Wildman–Crippen LogP) is 1.49. The molecule has 1 fully saturated rings. The predicted molar refractivity (Wildman–Crippen MR) is 84.8 cm³/mol. The number of aromatic amines is 1. The van der Waals surface area contributed by atoms with Gasteiger partial charge in [0.05, 0.1) is 17.0 Å². The maximum atomic E-state index is 12.6. The summed E-state index contributed by atoms with van der Waals surface area (Å²) in [6.45, 7) is 1.58. The van der Waals surface area contributed by atoms with Gasteiger partial charge in [0.2, 0.25) is 10.0 Å². The molecule has 0 spiro atoms. The zero-order chi connectivity index (χ0) is 18.9. The van der Waals surface area contributed by atoms with Crippen molar-refractivity contribution >= 4 is 10.0 Å². The molecule has 3 rings (SSSR count). The van der Waals surface area contributed by atoms with E-state index < -0.39 is 27.5 Å². The fourth-order valence-corrected chi connectivity index (χ4v) is 4.13. The second-order valence-corrected chi connectivity index (χ2v) is 7.78. The lowest BCUT2D eigenvalue weighted by Crippen LogP contribution is -2.48. The van der Waals surface area contributed by atoms with Crippen LogP contribution >= 0.6 is 0 Å². The second kappa shape index (κ2) is 6.89. The van der Waals surface area contributed by atoms with E-state index in [4.69, 9.17) is 4.42 Å². The molecular formula is C15H16F3N3O4S. The third-order valence-electron chi connectivity index (χ3n) is 4.10. The van der Waals surface area contributed by atoms with E-state index in [-0.39, 0.29) is 18.0 Å². The summed E-state index contributed by atoms with van der Waals surface area (Å²) in [5, 5.41) is 0. The first-order valence-electron chi connectivity index (χ1n) is 7.73. The minimum atomic E-state index is -4.51. The average molecular weight is 391 g/mol. The number of aromatic nitrogens is 1. The number of nitrogens with zero attached hydrogens (tertiary/aromatic N) is 2. The quantitative estimate of drug-likeness (QED) is 0.854. The zero-order valence-corrected chi connectivity index (χ0v) is 14.3. The molecule has 1 saturated heterocycles. The molecule has 1 N–H and O–H groups in total. The summed E-state index contributed by atoms with van der Waals surface area (Å²) >= 11 is 0. The number of rotatable bonds is 4. The SMILES string of the molecule is O=c1[nH]cc(CN2CCN(S(=O)(=O)c3ccc(C(F)(F)F)cc3)CC2)o1. The molecule has 1 aromatic carbocycles. The molecule has 7 nitrogen and oxygen atoms in total. The minimum absolute atomic E-state index is 0.171. The highest BCUT2D eigenvalue weighted by molar-refractivity contribution is 7.89. The van der Waals surface area contributed by atoms with E-state index in [1.807, 2.05) is 4.90 Å². The number of hydrogen-bond acceptors (Lipinski definition) is 5. The van der Waals surface area contributed by atoms with Crippen LogP contribution in [0.5, 0.6) is 0 Å². The van der Waals surface area contributed by atoms with E-state index in [0.29, 0.717) is 25.4 Å². The van der Waals surface area contributed by atoms with E-state index in [1.165, 1.54) is 10.5 Å². The lowest BCUT2D eigenvalue weighted by Gasteiger charge is -2.33. The first kappa shape index (κ1) is 18.7. The number of benzene rings is 1. The fraction of sp³-hybridized carbons (Fsp3) is 0.400. The molecule has 0 aliphatic carbocycles. The zero-order valence-electron chi connectivity index (χ0n) is 13.5. The third-order valence-corrected chi connectivity index (χ3v) is 6.02. The molecular weight excluding hydrogens is 375 g/mol. The highest BCUT2D eigenvalue weighted by Gasteiger charge is 2.32. The summed E-state index contributed by atoms with van der Waals surface area (Å²) in [4.78, 5) is 15.1. The molecule has 0 saturated carbocycles. The average Bonchev–Trinajstić information content (AvgIpc) is 2.99. The number of sulfonamides is 1. The molecule has 0 atom stereocenters. The minimum Gasteiger partial charge on any atom is -0.412 e. The standard InChI is InChI=1S/C15H16F3N3O4S/c16-15(17,18)11-1-3-13(4-2-11)26(23,24)21-7-5-20(6-8-21)10-12-9-19-14(22)25-12/h1-4,9H,5-8,10H2,(H,19,22). The van der Waals surface area contributed by atoms with Crippen molar-refractivity contribution in [2.24, 2.45) is 0 Å². The monoisotopic (exact) mass is 391 g/mol. The molecule has 142 valence electrons. The number of piperazine rings is 1. The number of halogens is 3. The van der Waals surface area contributed by atoms with Crippen molar-refractivity contribution in [1.82, 2.24) is 14.2 Å². The van der Waals surface area contributed by atoms with Crippen molar-refractivity contribution in [2.45, 2.75) is 17.6 Å². The van der Waals surface area contributed by atoms with E-state index in [2.05, 4.69) is 4.98 Å². The Hall–Kier alpha value is -2.11. The lowest BCUT2D eigenvalue weighted by atomic mass is 10.2. The molecule has 0 bridgehead atoms. The van der Waals surface area contributed by atoms with Gasteiger partial charge in [-0.3, -0.25) is 9.88 Å². The van der Waals surface area contributed by atoms with Crippen molar-refractivity contribution in [2.75, 3.05) is 26.2 Å². The van der Waals surface area contributed by atoms with Crippen molar-refractivity contribution in [1.29, 1.82) is 0 Å². The smallest absolute Gasteiger partial charge is 0.412 e. The normalized spacial score (nSPS) is 17.5. The van der Waals surface area contributed by atoms with Crippen LogP contribution in [0.4, 0.5) is 13.2 Å². The largest absolute Gasteiger partial charge is 0.416 e. The molecule has 0 radical (unpaired) electrons. The Bertz CT molecular complexity index is 911. The van der Waals surface area contributed by atoms with Gasteiger partial charge in [-0.15, -0.1) is 0 Å². The van der Waals surface area contributed by atoms with Gasteiger partial charge in [-0.2, -0.15) is 17.5 Å². The molecule has 2 heterocycles. The Kier molecular flexibility index (Phi) is 4.95. The highest BCUT2D eigenvalue weighted by atomic mass is 32.2. The molecule has 2 aromatic rings. The molecule has 1 aliphatic heterocycles. The van der Waals surface area contributed by atoms with Crippen LogP contribution in [0.3, 0.4) is 0 Å². The Morgan fingerprint density at radius 2 is 1.69 bits per heavy atom. The van der Waals surface area contributed by atoms with Crippen molar-refractivity contribution < 1.29 is 26.0 Å². The van der Waals surface area contributed by atoms with Crippen LogP contribution in [-0.2, 0) is 22.7 Å². The third kappa shape index (κ3) is 4.00. The topological polar surface area (TPSA) is 86.6 Å². The van der Waals surface area contributed by atoms with Crippen LogP contribution in [0.25, 0.3) is 0 Å². The Labute approximate surface area is 147 Å². The van der Waals surface area contributed by atoms with Gasteiger partial charge in [0.1, 0.15) is 5.76 Å². The first-order valence-corrected chi connectivity index (χ1v) is 9.17. The molecule has 1 aromatic heterocycles. The maximum Gasteiger partial charge on any atom is 0.416 e. The first-order chi connectivity index (χ1) is 12.2. The number of nitrogens with one attached hydrogen (secondary N) is 1. The maximum absolute atomic E-state index is 12.6. The summed E-state index contributed by atoms with van der Waals surface area (Å²) in [7, 11) is -3.86. The molecule has 11 heteroatoms. The fourth-order valence-electron chi connectivity index (χ4n) is 2.71. The van der Waals surface area contributed by atoms with E-state index in [9.17, 15) is 26.4 Å². The van der Waals surface area contributed by atoms with Crippen LogP contribution in [0.1, 0.15) is 11.3 Å². The lowest BCUT2D eigenvalue weighted by molar-refractivity contribution is -0.137. The van der Waals surface area contributed by atoms with Crippen molar-refractivity contribution in [3.63, 3.8) is 0 Å². The van der Waals surface area contributed by atoms with Gasteiger partial charge in [0, 0.05) is 32.4 Å². The van der Waals surface area contributed by atoms with Crippen LogP contribution < -0.4 is 5.76 Å². The number of oxazole rings is 1. The molecule has 26 heavy (non-hydrogen) atoms. The van der Waals surface area contributed by atoms with Crippen LogP contribution in [0, 0.1) is 0 Å². The van der Waals surface area contributed by atoms with Crippen LogP contribution in [-0.4, -0.2) is 48.8 Å². The summed E-state index contributed by atoms with van der Waals surface area (Å²) in [6, 6.07) is 3.46. The molecule has 1 aliphatic rings. The van der Waals surface area contributed by atoms with Crippen molar-refractivity contribution in [3.05, 3.63) is 52.3 Å². The van der Waals surface area contributed by atoms with E-state index >= 15 is 0 Å². The van der Waals surface area contributed by atoms with Crippen LogP contribution in [0.2, 0.25) is 0 Å². The Morgan fingerprint density at radius 1 is 1.08 bits per heavy atom. The van der Waals surface area contributed by atoms with Gasteiger partial charge in [-0.05, 0) is 24.3 Å². The van der Waals surface area contributed by atoms with E-state index in [1.54, 1.807) is 0 Å². The van der Waals surface area contributed by atoms with Gasteiger partial charge >= 0.3 is 11.9 Å². The van der Waals surface area contributed by atoms with Gasteiger partial charge in [0.25, 0.3) is 0 Å². The second-order valence-electron chi connectivity index (χ2n) is 5.85. The summed E-state index contributed by atoms with van der Waals surface area (Å²) < 4.78 is 69.1. The molecule has 0 unspecified atom stereocenters. The molecule has 0 amide bonds. The number of hydrogen-bond donors (Lipinski definition) is 1. The van der Waals surface area contributed by atoms with Gasteiger partial charge in [-0.1, -0.05) is 0 Å². The summed E-state index contributed by atoms with van der Waals surface area (Å²) in [5.74, 6) is -0.0995. The summed E-state index contributed by atoms with van der Waals surface area (Å²) in [5.41, 5.74) is -0.894. The Morgan fingerprint density at radius 3 is 2.19 bits per heavy atom. The highest BCUT2D eigenvalue weighted by Crippen LogP contribution is 2.30. The van der Waals surface area contributed by atoms with E-state index in [0.717, 1.165) is 24.3 Å². The number of H-pyrrole nitrogens is 1.